The van der Waals surface area contributed by atoms with Gasteiger partial charge in [0.15, 0.2) is 0 Å². The Labute approximate surface area is 139 Å². The van der Waals surface area contributed by atoms with Gasteiger partial charge in [0.25, 0.3) is 0 Å². The van der Waals surface area contributed by atoms with E-state index >= 15 is 0 Å². The lowest BCUT2D eigenvalue weighted by Gasteiger charge is -2.29. The van der Waals surface area contributed by atoms with Crippen LogP contribution in [-0.2, 0) is 0 Å². The summed E-state index contributed by atoms with van der Waals surface area (Å²) in [5, 5.41) is 17.9. The number of benzene rings is 1. The zero-order chi connectivity index (χ0) is 16.5. The fraction of sp³-hybridized carbons (Fsp3) is 0.684. The average Bonchev–Trinajstić information content (AvgIpc) is 2.59. The molecule has 0 amide bonds. The summed E-state index contributed by atoms with van der Waals surface area (Å²) in [6.45, 7) is 2.83. The topological polar surface area (TPSA) is 58.9 Å². The number of rotatable bonds is 9. The number of aliphatic hydroxyl groups is 2. The van der Waals surface area contributed by atoms with Crippen LogP contribution in [-0.4, -0.2) is 36.6 Å². The number of hydrogen-bond acceptors (Lipinski definition) is 4. The molecule has 2 N–H and O–H groups in total. The SMILES string of the molecule is CCCC1CCC(c2cc(OCCO)cc(OCCO)c2)CC1. The molecule has 23 heavy (non-hydrogen) atoms. The van der Waals surface area contributed by atoms with Crippen LogP contribution in [0.1, 0.15) is 56.9 Å². The van der Waals surface area contributed by atoms with E-state index in [1.807, 2.05) is 6.07 Å². The van der Waals surface area contributed by atoms with Crippen LogP contribution in [0.15, 0.2) is 18.2 Å². The monoisotopic (exact) mass is 322 g/mol. The first-order valence-electron chi connectivity index (χ1n) is 8.89. The Morgan fingerprint density at radius 1 is 0.913 bits per heavy atom. The molecule has 1 aromatic rings. The van der Waals surface area contributed by atoms with Gasteiger partial charge < -0.3 is 19.7 Å². The van der Waals surface area contributed by atoms with Gasteiger partial charge in [-0.25, -0.2) is 0 Å². The molecule has 0 atom stereocenters. The first-order valence-corrected chi connectivity index (χ1v) is 8.89. The quantitative estimate of drug-likeness (QED) is 0.730. The van der Waals surface area contributed by atoms with Gasteiger partial charge in [-0.1, -0.05) is 19.8 Å². The van der Waals surface area contributed by atoms with E-state index in [9.17, 15) is 0 Å². The minimum atomic E-state index is -0.000809. The first-order chi connectivity index (χ1) is 11.3. The van der Waals surface area contributed by atoms with Gasteiger partial charge in [0.1, 0.15) is 24.7 Å². The van der Waals surface area contributed by atoms with Crippen LogP contribution in [0.4, 0.5) is 0 Å². The zero-order valence-corrected chi connectivity index (χ0v) is 14.2. The molecule has 4 heteroatoms. The highest BCUT2D eigenvalue weighted by Gasteiger charge is 2.22. The maximum atomic E-state index is 8.95. The highest BCUT2D eigenvalue weighted by Crippen LogP contribution is 2.39. The lowest BCUT2D eigenvalue weighted by molar-refractivity contribution is 0.194. The smallest absolute Gasteiger partial charge is 0.123 e. The van der Waals surface area contributed by atoms with E-state index in [-0.39, 0.29) is 26.4 Å². The molecule has 0 aliphatic heterocycles. The molecule has 0 heterocycles. The molecular formula is C19H30O4. The van der Waals surface area contributed by atoms with Crippen molar-refractivity contribution in [3.05, 3.63) is 23.8 Å². The zero-order valence-electron chi connectivity index (χ0n) is 14.2. The van der Waals surface area contributed by atoms with Gasteiger partial charge in [0.2, 0.25) is 0 Å². The predicted octanol–water partition coefficient (Wildman–Crippen LogP) is 3.50. The van der Waals surface area contributed by atoms with Gasteiger partial charge in [-0.15, -0.1) is 0 Å². The summed E-state index contributed by atoms with van der Waals surface area (Å²) in [6.07, 6.45) is 7.65. The van der Waals surface area contributed by atoms with Crippen LogP contribution >= 0.6 is 0 Å². The Hall–Kier alpha value is -1.26. The van der Waals surface area contributed by atoms with Crippen molar-refractivity contribution in [1.82, 2.24) is 0 Å². The molecule has 2 rings (SSSR count). The van der Waals surface area contributed by atoms with Crippen LogP contribution in [0.2, 0.25) is 0 Å². The van der Waals surface area contributed by atoms with Crippen molar-refractivity contribution < 1.29 is 19.7 Å². The molecule has 1 fully saturated rings. The van der Waals surface area contributed by atoms with E-state index in [2.05, 4.69) is 19.1 Å². The second-order valence-corrected chi connectivity index (χ2v) is 6.39. The normalized spacial score (nSPS) is 21.2. The van der Waals surface area contributed by atoms with E-state index in [4.69, 9.17) is 19.7 Å². The Morgan fingerprint density at radius 3 is 1.96 bits per heavy atom. The lowest BCUT2D eigenvalue weighted by Crippen LogP contribution is -2.13. The summed E-state index contributed by atoms with van der Waals surface area (Å²) in [6, 6.07) is 5.98. The average molecular weight is 322 g/mol. The molecule has 1 aliphatic rings. The van der Waals surface area contributed by atoms with Crippen molar-refractivity contribution in [2.45, 2.75) is 51.4 Å². The summed E-state index contributed by atoms with van der Waals surface area (Å²) in [4.78, 5) is 0. The minimum Gasteiger partial charge on any atom is -0.491 e. The lowest BCUT2D eigenvalue weighted by atomic mass is 9.77. The predicted molar refractivity (Wildman–Crippen MR) is 91.2 cm³/mol. The molecule has 1 aliphatic carbocycles. The van der Waals surface area contributed by atoms with Crippen LogP contribution in [0.5, 0.6) is 11.5 Å². The number of hydrogen-bond donors (Lipinski definition) is 2. The van der Waals surface area contributed by atoms with Gasteiger partial charge in [0.05, 0.1) is 13.2 Å². The fourth-order valence-electron chi connectivity index (χ4n) is 3.52. The van der Waals surface area contributed by atoms with Crippen LogP contribution in [0, 0.1) is 5.92 Å². The second-order valence-electron chi connectivity index (χ2n) is 6.39. The number of aliphatic hydroxyl groups excluding tert-OH is 2. The Morgan fingerprint density at radius 2 is 1.48 bits per heavy atom. The van der Waals surface area contributed by atoms with E-state index in [1.165, 1.54) is 44.1 Å². The maximum Gasteiger partial charge on any atom is 0.123 e. The van der Waals surface area contributed by atoms with Crippen LogP contribution < -0.4 is 9.47 Å². The third kappa shape index (κ3) is 5.70. The molecule has 130 valence electrons. The molecule has 0 radical (unpaired) electrons. The molecule has 0 bridgehead atoms. The van der Waals surface area contributed by atoms with Crippen molar-refractivity contribution >= 4 is 0 Å². The first kappa shape index (κ1) is 18.1. The van der Waals surface area contributed by atoms with Crippen molar-refractivity contribution in [2.75, 3.05) is 26.4 Å². The Balaban J connectivity index is 2.06. The molecule has 0 aromatic heterocycles. The van der Waals surface area contributed by atoms with E-state index < -0.39 is 0 Å². The highest BCUT2D eigenvalue weighted by atomic mass is 16.5. The van der Waals surface area contributed by atoms with Crippen LogP contribution in [0.3, 0.4) is 0 Å². The third-order valence-corrected chi connectivity index (χ3v) is 4.64. The van der Waals surface area contributed by atoms with Gasteiger partial charge in [-0.3, -0.25) is 0 Å². The maximum absolute atomic E-state index is 8.95. The summed E-state index contributed by atoms with van der Waals surface area (Å²) < 4.78 is 11.1. The second kappa shape index (κ2) is 9.78. The van der Waals surface area contributed by atoms with Crippen molar-refractivity contribution in [2.24, 2.45) is 5.92 Å². The van der Waals surface area contributed by atoms with Gasteiger partial charge in [0, 0.05) is 6.07 Å². The Kier molecular flexibility index (Phi) is 7.69. The summed E-state index contributed by atoms with van der Waals surface area (Å²) in [5.74, 6) is 2.91. The molecule has 4 nitrogen and oxygen atoms in total. The Bertz CT molecular complexity index is 426. The summed E-state index contributed by atoms with van der Waals surface area (Å²) >= 11 is 0. The molecule has 0 spiro atoms. The highest BCUT2D eigenvalue weighted by molar-refractivity contribution is 5.40. The van der Waals surface area contributed by atoms with Gasteiger partial charge in [-0.2, -0.15) is 0 Å². The largest absolute Gasteiger partial charge is 0.491 e. The van der Waals surface area contributed by atoms with Crippen molar-refractivity contribution in [1.29, 1.82) is 0 Å². The molecule has 0 unspecified atom stereocenters. The van der Waals surface area contributed by atoms with Gasteiger partial charge in [-0.05, 0) is 55.2 Å². The molecule has 1 saturated carbocycles. The van der Waals surface area contributed by atoms with E-state index in [0.717, 1.165) is 17.4 Å². The van der Waals surface area contributed by atoms with Crippen molar-refractivity contribution in [3.63, 3.8) is 0 Å². The summed E-state index contributed by atoms with van der Waals surface area (Å²) in [7, 11) is 0. The molecule has 0 saturated heterocycles. The summed E-state index contributed by atoms with van der Waals surface area (Å²) in [5.41, 5.74) is 1.25. The van der Waals surface area contributed by atoms with E-state index in [0.29, 0.717) is 5.92 Å². The van der Waals surface area contributed by atoms with E-state index in [1.54, 1.807) is 0 Å². The van der Waals surface area contributed by atoms with Gasteiger partial charge >= 0.3 is 0 Å². The molecule has 1 aromatic carbocycles. The van der Waals surface area contributed by atoms with Crippen molar-refractivity contribution in [3.8, 4) is 11.5 Å². The third-order valence-electron chi connectivity index (χ3n) is 4.64. The standard InChI is InChI=1S/C19H30O4/c1-2-3-15-4-6-16(7-5-15)17-12-18(22-10-8-20)14-19(13-17)23-11-9-21/h12-16,20-21H,2-11H2,1H3. The van der Waals surface area contributed by atoms with Crippen LogP contribution in [0.25, 0.3) is 0 Å². The molecular weight excluding hydrogens is 292 g/mol. The number of ether oxygens (including phenoxy) is 2. The minimum absolute atomic E-state index is 0.000809. The fourth-order valence-corrected chi connectivity index (χ4v) is 3.52.